The van der Waals surface area contributed by atoms with Crippen molar-refractivity contribution in [3.05, 3.63) is 84.1 Å². The van der Waals surface area contributed by atoms with E-state index >= 15 is 0 Å². The molecule has 0 amide bonds. The first-order valence-electron chi connectivity index (χ1n) is 7.76. The van der Waals surface area contributed by atoms with Gasteiger partial charge in [-0.3, -0.25) is 0 Å². The molecule has 1 aliphatic rings. The zero-order chi connectivity index (χ0) is 14.9. The van der Waals surface area contributed by atoms with Crippen LogP contribution in [0.15, 0.2) is 78.6 Å². The third-order valence-electron chi connectivity index (χ3n) is 3.62. The van der Waals surface area contributed by atoms with Crippen LogP contribution in [0.3, 0.4) is 0 Å². The average molecular weight is 279 g/mol. The molecule has 0 spiro atoms. The van der Waals surface area contributed by atoms with E-state index in [0.29, 0.717) is 6.04 Å². The van der Waals surface area contributed by atoms with E-state index in [1.807, 2.05) is 6.08 Å². The Bertz CT molecular complexity index is 534. The molecule has 1 aromatic carbocycles. The maximum absolute atomic E-state index is 3.74. The molecule has 0 bridgehead atoms. The van der Waals surface area contributed by atoms with E-state index in [2.05, 4.69) is 73.5 Å². The Balaban J connectivity index is 1.88. The topological polar surface area (TPSA) is 12.0 Å². The molecule has 1 atom stereocenters. The largest absolute Gasteiger partial charge is 0.378 e. The molecule has 1 N–H and O–H groups in total. The van der Waals surface area contributed by atoms with Crippen LogP contribution in [0.1, 0.15) is 44.2 Å². The summed E-state index contributed by atoms with van der Waals surface area (Å²) in [5.41, 5.74) is 3.99. The van der Waals surface area contributed by atoms with Crippen LogP contribution in [0.25, 0.3) is 0 Å². The lowest BCUT2D eigenvalue weighted by Gasteiger charge is -2.24. The SMILES string of the molecule is C=CCC/C=C\CCC1=CC(C)=C[C@@H](c2ccccc2)N1. The van der Waals surface area contributed by atoms with Gasteiger partial charge >= 0.3 is 0 Å². The summed E-state index contributed by atoms with van der Waals surface area (Å²) in [4.78, 5) is 0. The molecule has 0 saturated heterocycles. The number of dihydropyridines is 1. The lowest BCUT2D eigenvalue weighted by Crippen LogP contribution is -2.22. The summed E-state index contributed by atoms with van der Waals surface area (Å²) in [6.45, 7) is 5.92. The summed E-state index contributed by atoms with van der Waals surface area (Å²) in [6, 6.07) is 10.9. The Kier molecular flexibility index (Phi) is 6.08. The molecule has 1 aromatic rings. The van der Waals surface area contributed by atoms with Gasteiger partial charge in [-0.2, -0.15) is 0 Å². The van der Waals surface area contributed by atoms with Gasteiger partial charge in [-0.1, -0.05) is 60.2 Å². The van der Waals surface area contributed by atoms with Crippen molar-refractivity contribution in [1.29, 1.82) is 0 Å². The fourth-order valence-corrected chi connectivity index (χ4v) is 2.54. The molecule has 0 unspecified atom stereocenters. The highest BCUT2D eigenvalue weighted by molar-refractivity contribution is 5.34. The van der Waals surface area contributed by atoms with Crippen LogP contribution in [-0.2, 0) is 0 Å². The molecule has 110 valence electrons. The average Bonchev–Trinajstić information content (AvgIpc) is 2.51. The Morgan fingerprint density at radius 2 is 1.86 bits per heavy atom. The first-order chi connectivity index (χ1) is 10.3. The standard InChI is InChI=1S/C20H25N/c1-3-4-5-6-7-11-14-19-15-17(2)16-20(21-19)18-12-9-8-10-13-18/h3,6-10,12-13,15-16,20-21H,1,4-5,11,14H2,2H3/b7-6-/t20-/m0/s1. The molecule has 0 fully saturated rings. The molecular formula is C20H25N. The van der Waals surface area contributed by atoms with Crippen molar-refractivity contribution >= 4 is 0 Å². The van der Waals surface area contributed by atoms with Crippen LogP contribution >= 0.6 is 0 Å². The van der Waals surface area contributed by atoms with Gasteiger partial charge in [0.1, 0.15) is 0 Å². The Morgan fingerprint density at radius 1 is 1.10 bits per heavy atom. The van der Waals surface area contributed by atoms with E-state index in [9.17, 15) is 0 Å². The van der Waals surface area contributed by atoms with E-state index < -0.39 is 0 Å². The molecule has 0 radical (unpaired) electrons. The summed E-state index contributed by atoms with van der Waals surface area (Å²) in [5.74, 6) is 0. The molecule has 1 heterocycles. The van der Waals surface area contributed by atoms with Crippen molar-refractivity contribution in [2.75, 3.05) is 0 Å². The van der Waals surface area contributed by atoms with E-state index in [1.54, 1.807) is 0 Å². The second-order valence-electron chi connectivity index (χ2n) is 5.49. The van der Waals surface area contributed by atoms with Gasteiger partial charge in [0.05, 0.1) is 6.04 Å². The van der Waals surface area contributed by atoms with Crippen LogP contribution in [0, 0.1) is 0 Å². The Hall–Kier alpha value is -2.02. The summed E-state index contributed by atoms with van der Waals surface area (Å²) in [5, 5.41) is 3.64. The fourth-order valence-electron chi connectivity index (χ4n) is 2.54. The monoisotopic (exact) mass is 279 g/mol. The van der Waals surface area contributed by atoms with Crippen LogP contribution < -0.4 is 5.32 Å². The van der Waals surface area contributed by atoms with Crippen molar-refractivity contribution in [2.24, 2.45) is 0 Å². The molecule has 0 aromatic heterocycles. The second kappa shape index (κ2) is 8.31. The molecular weight excluding hydrogens is 254 g/mol. The highest BCUT2D eigenvalue weighted by atomic mass is 14.9. The lowest BCUT2D eigenvalue weighted by molar-refractivity contribution is 0.663. The first-order valence-corrected chi connectivity index (χ1v) is 7.76. The zero-order valence-electron chi connectivity index (χ0n) is 12.9. The van der Waals surface area contributed by atoms with Crippen molar-refractivity contribution in [3.8, 4) is 0 Å². The van der Waals surface area contributed by atoms with Crippen molar-refractivity contribution in [3.63, 3.8) is 0 Å². The van der Waals surface area contributed by atoms with Gasteiger partial charge in [0.2, 0.25) is 0 Å². The van der Waals surface area contributed by atoms with Crippen molar-refractivity contribution in [2.45, 2.75) is 38.6 Å². The van der Waals surface area contributed by atoms with Gasteiger partial charge in [-0.15, -0.1) is 6.58 Å². The van der Waals surface area contributed by atoms with Crippen molar-refractivity contribution < 1.29 is 0 Å². The fraction of sp³-hybridized carbons (Fsp3) is 0.300. The number of hydrogen-bond acceptors (Lipinski definition) is 1. The predicted molar refractivity (Wildman–Crippen MR) is 92.0 cm³/mol. The first kappa shape index (κ1) is 15.4. The number of allylic oxidation sites excluding steroid dienone is 6. The molecule has 2 rings (SSSR count). The molecule has 1 nitrogen and oxygen atoms in total. The minimum Gasteiger partial charge on any atom is -0.378 e. The summed E-state index contributed by atoms with van der Waals surface area (Å²) >= 11 is 0. The highest BCUT2D eigenvalue weighted by Crippen LogP contribution is 2.24. The quantitative estimate of drug-likeness (QED) is 0.516. The molecule has 0 saturated carbocycles. The minimum absolute atomic E-state index is 0.302. The van der Waals surface area contributed by atoms with Crippen LogP contribution in [0.2, 0.25) is 0 Å². The van der Waals surface area contributed by atoms with Crippen LogP contribution in [0.5, 0.6) is 0 Å². The summed E-state index contributed by atoms with van der Waals surface area (Å²) in [6.07, 6.45) is 15.4. The van der Waals surface area contributed by atoms with Gasteiger partial charge in [0, 0.05) is 5.70 Å². The summed E-state index contributed by atoms with van der Waals surface area (Å²) in [7, 11) is 0. The predicted octanol–water partition coefficient (Wildman–Crippen LogP) is 5.46. The third kappa shape index (κ3) is 5.11. The van der Waals surface area contributed by atoms with Crippen LogP contribution in [0.4, 0.5) is 0 Å². The van der Waals surface area contributed by atoms with Crippen molar-refractivity contribution in [1.82, 2.24) is 5.32 Å². The van der Waals surface area contributed by atoms with Gasteiger partial charge in [-0.25, -0.2) is 0 Å². The highest BCUT2D eigenvalue weighted by Gasteiger charge is 2.13. The Labute approximate surface area is 128 Å². The minimum atomic E-state index is 0.302. The van der Waals surface area contributed by atoms with E-state index in [4.69, 9.17) is 0 Å². The number of rotatable bonds is 7. The summed E-state index contributed by atoms with van der Waals surface area (Å²) < 4.78 is 0. The second-order valence-corrected chi connectivity index (χ2v) is 5.49. The van der Waals surface area contributed by atoms with E-state index in [1.165, 1.54) is 16.8 Å². The van der Waals surface area contributed by atoms with E-state index in [0.717, 1.165) is 25.7 Å². The molecule has 21 heavy (non-hydrogen) atoms. The van der Waals surface area contributed by atoms with E-state index in [-0.39, 0.29) is 0 Å². The van der Waals surface area contributed by atoms with Gasteiger partial charge in [0.25, 0.3) is 0 Å². The lowest BCUT2D eigenvalue weighted by atomic mass is 9.99. The third-order valence-corrected chi connectivity index (χ3v) is 3.62. The number of unbranched alkanes of at least 4 members (excludes halogenated alkanes) is 1. The molecule has 1 heteroatoms. The molecule has 0 aliphatic carbocycles. The molecule has 1 aliphatic heterocycles. The number of hydrogen-bond donors (Lipinski definition) is 1. The maximum atomic E-state index is 3.74. The Morgan fingerprint density at radius 3 is 2.62 bits per heavy atom. The maximum Gasteiger partial charge on any atom is 0.0700 e. The number of nitrogens with one attached hydrogen (secondary N) is 1. The zero-order valence-corrected chi connectivity index (χ0v) is 12.9. The van der Waals surface area contributed by atoms with Gasteiger partial charge < -0.3 is 5.32 Å². The smallest absolute Gasteiger partial charge is 0.0700 e. The van der Waals surface area contributed by atoms with Gasteiger partial charge in [-0.05, 0) is 44.2 Å². The normalized spacial score (nSPS) is 18.0. The van der Waals surface area contributed by atoms with Crippen LogP contribution in [-0.4, -0.2) is 0 Å². The van der Waals surface area contributed by atoms with Gasteiger partial charge in [0.15, 0.2) is 0 Å². The number of benzene rings is 1.